The molecule has 1 amide bonds. The van der Waals surface area contributed by atoms with Crippen LogP contribution in [0.5, 0.6) is 0 Å². The van der Waals surface area contributed by atoms with Gasteiger partial charge in [0.25, 0.3) is 5.91 Å². The van der Waals surface area contributed by atoms with Crippen LogP contribution in [0.25, 0.3) is 0 Å². The molecule has 3 nitrogen and oxygen atoms in total. The van der Waals surface area contributed by atoms with Crippen LogP contribution >= 0.6 is 23.8 Å². The first kappa shape index (κ1) is 19.3. The van der Waals surface area contributed by atoms with Gasteiger partial charge in [-0.1, -0.05) is 84.5 Å². The van der Waals surface area contributed by atoms with Crippen LogP contribution in [0.15, 0.2) is 78.9 Å². The van der Waals surface area contributed by atoms with E-state index < -0.39 is 5.66 Å². The number of halogens is 1. The smallest absolute Gasteiger partial charge is 0.256 e. The number of rotatable bonds is 4. The molecule has 2 aliphatic rings. The van der Waals surface area contributed by atoms with Gasteiger partial charge in [0.1, 0.15) is 0 Å². The zero-order chi connectivity index (χ0) is 20.7. The summed E-state index contributed by atoms with van der Waals surface area (Å²) in [4.78, 5) is 18.4. The molecule has 2 heterocycles. The van der Waals surface area contributed by atoms with Gasteiger partial charge < -0.3 is 9.80 Å². The van der Waals surface area contributed by atoms with Gasteiger partial charge >= 0.3 is 0 Å². The van der Waals surface area contributed by atoms with Gasteiger partial charge in [-0.25, -0.2) is 0 Å². The van der Waals surface area contributed by atoms with Crippen LogP contribution in [0.3, 0.4) is 0 Å². The SMILES string of the molecule is O=C1c2ccccc2C2(c3ccc(Cl)cc3)N1CCN2C(=S)CCc1ccccc1. The molecule has 1 atom stereocenters. The average molecular weight is 433 g/mol. The lowest BCUT2D eigenvalue weighted by Gasteiger charge is -2.42. The Morgan fingerprint density at radius 2 is 1.63 bits per heavy atom. The van der Waals surface area contributed by atoms with Crippen LogP contribution in [0.2, 0.25) is 5.02 Å². The Hall–Kier alpha value is -2.69. The van der Waals surface area contributed by atoms with E-state index in [1.807, 2.05) is 53.4 Å². The Bertz CT molecular complexity index is 1120. The first-order chi connectivity index (χ1) is 14.6. The highest BCUT2D eigenvalue weighted by atomic mass is 35.5. The summed E-state index contributed by atoms with van der Waals surface area (Å²) >= 11 is 12.1. The van der Waals surface area contributed by atoms with Crippen LogP contribution in [-0.4, -0.2) is 33.8 Å². The summed E-state index contributed by atoms with van der Waals surface area (Å²) < 4.78 is 0. The summed E-state index contributed by atoms with van der Waals surface area (Å²) in [5.41, 5.74) is 3.33. The van der Waals surface area contributed by atoms with Gasteiger partial charge in [-0.15, -0.1) is 0 Å². The molecule has 0 radical (unpaired) electrons. The van der Waals surface area contributed by atoms with E-state index in [-0.39, 0.29) is 5.91 Å². The highest BCUT2D eigenvalue weighted by Crippen LogP contribution is 2.50. The third-order valence-corrected chi connectivity index (χ3v) is 6.80. The fourth-order valence-corrected chi connectivity index (χ4v) is 5.26. The minimum absolute atomic E-state index is 0.0638. The Morgan fingerprint density at radius 3 is 2.40 bits per heavy atom. The van der Waals surface area contributed by atoms with Crippen molar-refractivity contribution in [3.8, 4) is 0 Å². The lowest BCUT2D eigenvalue weighted by Crippen LogP contribution is -2.51. The summed E-state index contributed by atoms with van der Waals surface area (Å²) in [6.45, 7) is 1.36. The summed E-state index contributed by atoms with van der Waals surface area (Å²) in [5.74, 6) is 0.0638. The van der Waals surface area contributed by atoms with Gasteiger partial charge in [-0.2, -0.15) is 0 Å². The third kappa shape index (κ3) is 2.86. The minimum Gasteiger partial charge on any atom is -0.334 e. The highest BCUT2D eigenvalue weighted by Gasteiger charge is 2.58. The summed E-state index contributed by atoms with van der Waals surface area (Å²) in [5, 5.41) is 0.676. The fourth-order valence-electron chi connectivity index (χ4n) is 4.81. The second-order valence-electron chi connectivity index (χ2n) is 7.71. The number of hydrogen-bond acceptors (Lipinski definition) is 2. The molecule has 30 heavy (non-hydrogen) atoms. The Balaban J connectivity index is 1.58. The Morgan fingerprint density at radius 1 is 0.933 bits per heavy atom. The number of carbonyl (C=O) groups is 1. The van der Waals surface area contributed by atoms with E-state index in [9.17, 15) is 4.79 Å². The molecule has 0 spiro atoms. The predicted molar refractivity (Wildman–Crippen MR) is 124 cm³/mol. The van der Waals surface area contributed by atoms with Crippen LogP contribution < -0.4 is 0 Å². The molecule has 1 saturated heterocycles. The van der Waals surface area contributed by atoms with Crippen molar-refractivity contribution in [2.75, 3.05) is 13.1 Å². The summed E-state index contributed by atoms with van der Waals surface area (Å²) in [6.07, 6.45) is 1.64. The van der Waals surface area contributed by atoms with E-state index in [1.165, 1.54) is 5.56 Å². The van der Waals surface area contributed by atoms with Crippen LogP contribution in [-0.2, 0) is 12.1 Å². The molecule has 3 aromatic carbocycles. The van der Waals surface area contributed by atoms with E-state index >= 15 is 0 Å². The number of fused-ring (bicyclic) bond motifs is 3. The summed E-state index contributed by atoms with van der Waals surface area (Å²) in [6, 6.07) is 26.1. The topological polar surface area (TPSA) is 23.6 Å². The predicted octanol–water partition coefficient (Wildman–Crippen LogP) is 5.27. The number of carbonyl (C=O) groups excluding carboxylic acids is 1. The van der Waals surface area contributed by atoms with Crippen molar-refractivity contribution in [3.63, 3.8) is 0 Å². The molecule has 3 aromatic rings. The van der Waals surface area contributed by atoms with Crippen LogP contribution in [0.4, 0.5) is 0 Å². The van der Waals surface area contributed by atoms with Crippen LogP contribution in [0, 0.1) is 0 Å². The van der Waals surface area contributed by atoms with Gasteiger partial charge in [-0.3, -0.25) is 4.79 Å². The zero-order valence-corrected chi connectivity index (χ0v) is 18.0. The molecule has 0 aromatic heterocycles. The van der Waals surface area contributed by atoms with Crippen molar-refractivity contribution >= 4 is 34.7 Å². The van der Waals surface area contributed by atoms with E-state index in [0.717, 1.165) is 41.1 Å². The molecule has 5 heteroatoms. The first-order valence-electron chi connectivity index (χ1n) is 10.1. The quantitative estimate of drug-likeness (QED) is 0.524. The van der Waals surface area contributed by atoms with Gasteiger partial charge in [0.2, 0.25) is 0 Å². The lowest BCUT2D eigenvalue weighted by molar-refractivity contribution is 0.0602. The normalized spacial score (nSPS) is 19.7. The maximum absolute atomic E-state index is 13.3. The standard InChI is InChI=1S/C25H21ClN2OS/c26-20-13-11-19(12-14-20)25-22-9-5-4-8-21(22)24(29)28(25)17-16-27(25)23(30)15-10-18-6-2-1-3-7-18/h1-9,11-14H,10,15-17H2. The van der Waals surface area contributed by atoms with Crippen molar-refractivity contribution in [2.45, 2.75) is 18.5 Å². The largest absolute Gasteiger partial charge is 0.334 e. The Labute approximate surface area is 186 Å². The van der Waals surface area contributed by atoms with Gasteiger partial charge in [0, 0.05) is 41.2 Å². The molecule has 1 fully saturated rings. The van der Waals surface area contributed by atoms with Crippen molar-refractivity contribution in [1.29, 1.82) is 0 Å². The number of benzene rings is 3. The molecule has 0 saturated carbocycles. The van der Waals surface area contributed by atoms with Crippen LogP contribution in [0.1, 0.15) is 33.5 Å². The first-order valence-corrected chi connectivity index (χ1v) is 10.9. The third-order valence-electron chi connectivity index (χ3n) is 6.12. The van der Waals surface area contributed by atoms with Crippen molar-refractivity contribution in [2.24, 2.45) is 0 Å². The Kier molecular flexibility index (Phi) is 4.84. The van der Waals surface area contributed by atoms with Crippen molar-refractivity contribution < 1.29 is 4.79 Å². The molecule has 2 aliphatic heterocycles. The molecule has 1 unspecified atom stereocenters. The van der Waals surface area contributed by atoms with E-state index in [4.69, 9.17) is 23.8 Å². The average Bonchev–Trinajstić information content (AvgIpc) is 3.29. The minimum atomic E-state index is -0.702. The molecule has 150 valence electrons. The zero-order valence-electron chi connectivity index (χ0n) is 16.4. The fraction of sp³-hybridized carbons (Fsp3) is 0.200. The van der Waals surface area contributed by atoms with E-state index in [0.29, 0.717) is 11.6 Å². The number of thiocarbonyl (C=S) groups is 1. The molecule has 5 rings (SSSR count). The molecule has 0 bridgehead atoms. The molecule has 0 N–H and O–H groups in total. The van der Waals surface area contributed by atoms with Crippen molar-refractivity contribution in [3.05, 3.63) is 106 Å². The van der Waals surface area contributed by atoms with E-state index in [1.54, 1.807) is 0 Å². The number of nitrogens with zero attached hydrogens (tertiary/aromatic N) is 2. The number of hydrogen-bond donors (Lipinski definition) is 0. The maximum Gasteiger partial charge on any atom is 0.256 e. The summed E-state index contributed by atoms with van der Waals surface area (Å²) in [7, 11) is 0. The lowest BCUT2D eigenvalue weighted by atomic mass is 9.89. The molecule has 0 aliphatic carbocycles. The molecular formula is C25H21ClN2OS. The second kappa shape index (κ2) is 7.53. The van der Waals surface area contributed by atoms with Gasteiger partial charge in [0.15, 0.2) is 5.66 Å². The maximum atomic E-state index is 13.3. The van der Waals surface area contributed by atoms with E-state index in [2.05, 4.69) is 35.2 Å². The second-order valence-corrected chi connectivity index (χ2v) is 8.62. The van der Waals surface area contributed by atoms with Crippen molar-refractivity contribution in [1.82, 2.24) is 9.80 Å². The van der Waals surface area contributed by atoms with Gasteiger partial charge in [0.05, 0.1) is 4.99 Å². The highest BCUT2D eigenvalue weighted by molar-refractivity contribution is 7.80. The molecular weight excluding hydrogens is 412 g/mol. The number of aryl methyl sites for hydroxylation is 1. The number of amides is 1. The van der Waals surface area contributed by atoms with Gasteiger partial charge in [-0.05, 0) is 30.2 Å². The monoisotopic (exact) mass is 432 g/mol.